The molecule has 6 nitrogen and oxygen atoms in total. The van der Waals surface area contributed by atoms with Crippen molar-refractivity contribution in [3.05, 3.63) is 15.4 Å². The summed E-state index contributed by atoms with van der Waals surface area (Å²) in [5.74, 6) is -1.13. The van der Waals surface area contributed by atoms with Crippen molar-refractivity contribution < 1.29 is 14.7 Å². The third kappa shape index (κ3) is 5.09. The van der Waals surface area contributed by atoms with Crippen LogP contribution in [0, 0.1) is 5.92 Å². The zero-order valence-corrected chi connectivity index (χ0v) is 12.7. The van der Waals surface area contributed by atoms with E-state index in [1.807, 2.05) is 0 Å². The molecule has 0 spiro atoms. The lowest BCUT2D eigenvalue weighted by Gasteiger charge is -2.09. The van der Waals surface area contributed by atoms with Gasteiger partial charge in [0.1, 0.15) is 9.21 Å². The van der Waals surface area contributed by atoms with Crippen molar-refractivity contribution in [1.29, 1.82) is 0 Å². The van der Waals surface area contributed by atoms with Crippen LogP contribution >= 0.6 is 31.9 Å². The number of nitrogens with one attached hydrogen (secondary N) is 1. The minimum Gasteiger partial charge on any atom is -0.481 e. The lowest BCUT2D eigenvalue weighted by Crippen LogP contribution is -2.18. The topological polar surface area (TPSA) is 92.2 Å². The van der Waals surface area contributed by atoms with E-state index < -0.39 is 5.97 Å². The number of carboxylic acid groups (broad SMARTS) is 1. The summed E-state index contributed by atoms with van der Waals surface area (Å²) >= 11 is 6.32. The van der Waals surface area contributed by atoms with Crippen molar-refractivity contribution in [2.75, 3.05) is 5.32 Å². The van der Waals surface area contributed by atoms with Gasteiger partial charge in [0.05, 0.1) is 6.20 Å². The number of carboxylic acids is 1. The Morgan fingerprint density at radius 2 is 2.11 bits per heavy atom. The molecule has 0 saturated heterocycles. The number of carbonyl (C=O) groups is 2. The number of halogens is 2. The molecule has 1 heterocycles. The van der Waals surface area contributed by atoms with Crippen LogP contribution in [0.3, 0.4) is 0 Å². The highest BCUT2D eigenvalue weighted by Crippen LogP contribution is 2.20. The van der Waals surface area contributed by atoms with Crippen molar-refractivity contribution in [1.82, 2.24) is 9.97 Å². The predicted molar refractivity (Wildman–Crippen MR) is 72.1 cm³/mol. The fourth-order valence-electron chi connectivity index (χ4n) is 1.30. The average molecular weight is 381 g/mol. The van der Waals surface area contributed by atoms with Crippen molar-refractivity contribution in [3.8, 4) is 0 Å². The van der Waals surface area contributed by atoms with Gasteiger partial charge in [-0.3, -0.25) is 9.59 Å². The van der Waals surface area contributed by atoms with Crippen LogP contribution in [-0.4, -0.2) is 27.0 Å². The number of amides is 1. The highest BCUT2D eigenvalue weighted by molar-refractivity contribution is 9.11. The van der Waals surface area contributed by atoms with E-state index >= 15 is 0 Å². The standard InChI is InChI=1S/C10H11Br2N3O3/c1-5(3-8(17)18)2-7(16)15-10-9(12)14-6(11)4-13-10/h4-5H,2-3H2,1H3,(H,17,18)(H,13,15,16). The quantitative estimate of drug-likeness (QED) is 0.818. The van der Waals surface area contributed by atoms with Gasteiger partial charge >= 0.3 is 5.97 Å². The third-order valence-electron chi connectivity index (χ3n) is 2.02. The number of rotatable bonds is 5. The molecule has 0 bridgehead atoms. The first-order valence-electron chi connectivity index (χ1n) is 5.08. The Hall–Kier alpha value is -1.02. The Balaban J connectivity index is 2.56. The van der Waals surface area contributed by atoms with E-state index in [2.05, 4.69) is 47.1 Å². The molecule has 0 aliphatic heterocycles. The molecule has 0 radical (unpaired) electrons. The van der Waals surface area contributed by atoms with E-state index in [9.17, 15) is 9.59 Å². The number of anilines is 1. The van der Waals surface area contributed by atoms with Crippen LogP contribution in [0.2, 0.25) is 0 Å². The number of aliphatic carboxylic acids is 1. The fraction of sp³-hybridized carbons (Fsp3) is 0.400. The minimum absolute atomic E-state index is 0.0411. The van der Waals surface area contributed by atoms with Gasteiger partial charge < -0.3 is 10.4 Å². The van der Waals surface area contributed by atoms with E-state index in [0.717, 1.165) is 0 Å². The first-order valence-corrected chi connectivity index (χ1v) is 6.66. The first-order chi connectivity index (χ1) is 8.38. The zero-order chi connectivity index (χ0) is 13.7. The van der Waals surface area contributed by atoms with Crippen molar-refractivity contribution in [2.45, 2.75) is 19.8 Å². The first kappa shape index (κ1) is 15.0. The molecule has 0 aromatic carbocycles. The Morgan fingerprint density at radius 1 is 1.44 bits per heavy atom. The molecule has 98 valence electrons. The molecule has 1 atom stereocenters. The number of nitrogens with zero attached hydrogens (tertiary/aromatic N) is 2. The zero-order valence-electron chi connectivity index (χ0n) is 9.48. The van der Waals surface area contributed by atoms with Crippen LogP contribution in [0.25, 0.3) is 0 Å². The van der Waals surface area contributed by atoms with E-state index in [1.54, 1.807) is 6.92 Å². The summed E-state index contributed by atoms with van der Waals surface area (Å²) in [4.78, 5) is 30.1. The summed E-state index contributed by atoms with van der Waals surface area (Å²) in [5.41, 5.74) is 0. The highest BCUT2D eigenvalue weighted by Gasteiger charge is 2.14. The second-order valence-corrected chi connectivity index (χ2v) is 5.35. The largest absolute Gasteiger partial charge is 0.481 e. The van der Waals surface area contributed by atoms with Crippen molar-refractivity contribution in [3.63, 3.8) is 0 Å². The van der Waals surface area contributed by atoms with Gasteiger partial charge in [0.15, 0.2) is 5.82 Å². The molecule has 18 heavy (non-hydrogen) atoms. The van der Waals surface area contributed by atoms with Gasteiger partial charge in [-0.1, -0.05) is 6.92 Å². The van der Waals surface area contributed by atoms with Crippen LogP contribution < -0.4 is 5.32 Å². The maximum atomic E-state index is 11.6. The minimum atomic E-state index is -0.917. The van der Waals surface area contributed by atoms with E-state index in [-0.39, 0.29) is 24.7 Å². The summed E-state index contributed by atoms with van der Waals surface area (Å²) in [7, 11) is 0. The lowest BCUT2D eigenvalue weighted by atomic mass is 10.0. The normalized spacial score (nSPS) is 11.9. The predicted octanol–water partition coefficient (Wildman–Crippen LogP) is 2.44. The number of aromatic nitrogens is 2. The average Bonchev–Trinajstić information content (AvgIpc) is 2.20. The molecule has 1 unspecified atom stereocenters. The number of hydrogen-bond donors (Lipinski definition) is 2. The Morgan fingerprint density at radius 3 is 2.67 bits per heavy atom. The summed E-state index contributed by atoms with van der Waals surface area (Å²) in [5, 5.41) is 11.2. The molecular weight excluding hydrogens is 370 g/mol. The van der Waals surface area contributed by atoms with Crippen molar-refractivity contribution >= 4 is 49.6 Å². The van der Waals surface area contributed by atoms with Crippen molar-refractivity contribution in [2.24, 2.45) is 5.92 Å². The van der Waals surface area contributed by atoms with Gasteiger partial charge in [0.25, 0.3) is 0 Å². The molecule has 8 heteroatoms. The van der Waals surface area contributed by atoms with Gasteiger partial charge in [0, 0.05) is 12.8 Å². The van der Waals surface area contributed by atoms with Crippen LogP contribution in [0.15, 0.2) is 15.4 Å². The van der Waals surface area contributed by atoms with E-state index in [0.29, 0.717) is 15.0 Å². The molecule has 2 N–H and O–H groups in total. The van der Waals surface area contributed by atoms with Gasteiger partial charge in [-0.2, -0.15) is 0 Å². The molecule has 1 rings (SSSR count). The van der Waals surface area contributed by atoms with Crippen LogP contribution in [-0.2, 0) is 9.59 Å². The molecule has 1 aromatic rings. The molecule has 0 aliphatic carbocycles. The second kappa shape index (κ2) is 6.79. The van der Waals surface area contributed by atoms with Gasteiger partial charge in [-0.25, -0.2) is 9.97 Å². The number of carbonyl (C=O) groups excluding carboxylic acids is 1. The summed E-state index contributed by atoms with van der Waals surface area (Å²) in [6.07, 6.45) is 1.54. The summed E-state index contributed by atoms with van der Waals surface area (Å²) in [6, 6.07) is 0. The van der Waals surface area contributed by atoms with Gasteiger partial charge in [-0.15, -0.1) is 0 Å². The molecular formula is C10H11Br2N3O3. The Kier molecular flexibility index (Phi) is 5.67. The van der Waals surface area contributed by atoms with Crippen LogP contribution in [0.4, 0.5) is 5.82 Å². The van der Waals surface area contributed by atoms with E-state index in [1.165, 1.54) is 6.20 Å². The smallest absolute Gasteiger partial charge is 0.303 e. The SMILES string of the molecule is CC(CC(=O)O)CC(=O)Nc1ncc(Br)nc1Br. The van der Waals surface area contributed by atoms with Gasteiger partial charge in [0.2, 0.25) is 5.91 Å². The maximum Gasteiger partial charge on any atom is 0.303 e. The monoisotopic (exact) mass is 379 g/mol. The number of hydrogen-bond acceptors (Lipinski definition) is 4. The Bertz CT molecular complexity index is 468. The lowest BCUT2D eigenvalue weighted by molar-refractivity contribution is -0.138. The molecule has 0 fully saturated rings. The Labute approximate surface area is 120 Å². The third-order valence-corrected chi connectivity index (χ3v) is 2.95. The summed E-state index contributed by atoms with van der Waals surface area (Å²) in [6.45, 7) is 1.70. The van der Waals surface area contributed by atoms with Crippen LogP contribution in [0.5, 0.6) is 0 Å². The highest BCUT2D eigenvalue weighted by atomic mass is 79.9. The van der Waals surface area contributed by atoms with Gasteiger partial charge in [-0.05, 0) is 37.8 Å². The maximum absolute atomic E-state index is 11.6. The molecule has 0 aliphatic rings. The summed E-state index contributed by atoms with van der Waals surface area (Å²) < 4.78 is 0.961. The molecule has 0 saturated carbocycles. The fourth-order valence-corrected chi connectivity index (χ4v) is 2.21. The van der Waals surface area contributed by atoms with Crippen LogP contribution in [0.1, 0.15) is 19.8 Å². The second-order valence-electron chi connectivity index (χ2n) is 3.79. The van der Waals surface area contributed by atoms with E-state index in [4.69, 9.17) is 5.11 Å². The molecule has 1 amide bonds. The molecule has 1 aromatic heterocycles.